The van der Waals surface area contributed by atoms with E-state index in [1.165, 1.54) is 13.8 Å². The van der Waals surface area contributed by atoms with Gasteiger partial charge in [-0.1, -0.05) is 0 Å². The molecule has 0 saturated carbocycles. The summed E-state index contributed by atoms with van der Waals surface area (Å²) in [5, 5.41) is 17.0. The Hall–Kier alpha value is -3.75. The molecule has 0 saturated heterocycles. The molecule has 0 heterocycles. The summed E-state index contributed by atoms with van der Waals surface area (Å²) in [5.41, 5.74) is 0.207. The van der Waals surface area contributed by atoms with Crippen molar-refractivity contribution in [1.82, 2.24) is 0 Å². The summed E-state index contributed by atoms with van der Waals surface area (Å²) in [6, 6.07) is 12.4. The minimum atomic E-state index is -1.36. The van der Waals surface area contributed by atoms with E-state index < -0.39 is 23.7 Å². The molecule has 0 spiro atoms. The molecule has 0 bridgehead atoms. The maximum atomic E-state index is 12.1. The number of carboxylic acid groups (broad SMARTS) is 1. The largest absolute Gasteiger partial charge is 0.478 e. The van der Waals surface area contributed by atoms with Crippen LogP contribution in [0, 0.1) is 0 Å². The zero-order chi connectivity index (χ0) is 21.4. The third kappa shape index (κ3) is 6.73. The minimum absolute atomic E-state index is 0.274. The summed E-state index contributed by atoms with van der Waals surface area (Å²) in [5.74, 6) is -0.712. The smallest absolute Gasteiger partial charge is 0.411 e. The highest BCUT2D eigenvalue weighted by atomic mass is 16.5. The molecule has 3 amide bonds. The first-order chi connectivity index (χ1) is 13.7. The molecule has 0 fully saturated rings. The van der Waals surface area contributed by atoms with Crippen molar-refractivity contribution in [2.45, 2.75) is 26.4 Å². The first-order valence-electron chi connectivity index (χ1n) is 8.84. The van der Waals surface area contributed by atoms with Gasteiger partial charge in [-0.15, -0.1) is 0 Å². The third-order valence-electron chi connectivity index (χ3n) is 3.66. The molecule has 0 aromatic heterocycles. The molecular weight excluding hydrogens is 378 g/mol. The maximum absolute atomic E-state index is 12.1. The summed E-state index contributed by atoms with van der Waals surface area (Å²) < 4.78 is 10.2. The molecule has 2 aromatic rings. The summed E-state index contributed by atoms with van der Waals surface area (Å²) in [6.45, 7) is 4.88. The SMILES string of the molecule is CCOC(=O)Nc1ccc(NC(=O)Nc2ccc(OC(C)(C)C(=O)O)cc2)cc1. The second-order valence-corrected chi connectivity index (χ2v) is 6.44. The first kappa shape index (κ1) is 21.5. The lowest BCUT2D eigenvalue weighted by molar-refractivity contribution is -0.152. The predicted octanol–water partition coefficient (Wildman–Crippen LogP) is 4.14. The molecule has 9 nitrogen and oxygen atoms in total. The molecule has 0 radical (unpaired) electrons. The van der Waals surface area contributed by atoms with Gasteiger partial charge in [0.05, 0.1) is 6.61 Å². The van der Waals surface area contributed by atoms with E-state index in [0.717, 1.165) is 0 Å². The van der Waals surface area contributed by atoms with Gasteiger partial charge in [-0.2, -0.15) is 0 Å². The third-order valence-corrected chi connectivity index (χ3v) is 3.66. The highest BCUT2D eigenvalue weighted by Crippen LogP contribution is 2.21. The second-order valence-electron chi connectivity index (χ2n) is 6.44. The van der Waals surface area contributed by atoms with E-state index >= 15 is 0 Å². The number of carbonyl (C=O) groups is 3. The Morgan fingerprint density at radius 1 is 0.862 bits per heavy atom. The number of hydrogen-bond acceptors (Lipinski definition) is 5. The molecule has 4 N–H and O–H groups in total. The Labute approximate surface area is 168 Å². The average molecular weight is 401 g/mol. The molecule has 154 valence electrons. The highest BCUT2D eigenvalue weighted by Gasteiger charge is 2.29. The fourth-order valence-corrected chi connectivity index (χ4v) is 2.16. The fourth-order valence-electron chi connectivity index (χ4n) is 2.16. The van der Waals surface area contributed by atoms with E-state index in [-0.39, 0.29) is 6.61 Å². The van der Waals surface area contributed by atoms with Crippen LogP contribution in [-0.4, -0.2) is 35.4 Å². The van der Waals surface area contributed by atoms with Crippen molar-refractivity contribution in [2.24, 2.45) is 0 Å². The first-order valence-corrected chi connectivity index (χ1v) is 8.84. The minimum Gasteiger partial charge on any atom is -0.478 e. The average Bonchev–Trinajstić information content (AvgIpc) is 2.65. The van der Waals surface area contributed by atoms with Crippen LogP contribution in [0.1, 0.15) is 20.8 Å². The van der Waals surface area contributed by atoms with E-state index in [0.29, 0.717) is 22.8 Å². The molecule has 29 heavy (non-hydrogen) atoms. The number of carboxylic acids is 1. The van der Waals surface area contributed by atoms with Crippen molar-refractivity contribution in [1.29, 1.82) is 0 Å². The number of urea groups is 1. The van der Waals surface area contributed by atoms with Crippen LogP contribution < -0.4 is 20.7 Å². The highest BCUT2D eigenvalue weighted by molar-refractivity contribution is 6.00. The van der Waals surface area contributed by atoms with Gasteiger partial charge < -0.3 is 25.2 Å². The molecule has 2 rings (SSSR count). The Morgan fingerprint density at radius 3 is 1.76 bits per heavy atom. The summed E-state index contributed by atoms with van der Waals surface area (Å²) in [7, 11) is 0. The molecule has 0 aliphatic rings. The summed E-state index contributed by atoms with van der Waals surface area (Å²) in [6.07, 6.45) is -0.551. The van der Waals surface area contributed by atoms with Gasteiger partial charge in [0.15, 0.2) is 5.60 Å². The van der Waals surface area contributed by atoms with Gasteiger partial charge in [0.1, 0.15) is 5.75 Å². The molecule has 0 aliphatic heterocycles. The lowest BCUT2D eigenvalue weighted by Gasteiger charge is -2.21. The van der Waals surface area contributed by atoms with Crippen molar-refractivity contribution < 1.29 is 29.0 Å². The summed E-state index contributed by atoms with van der Waals surface area (Å²) >= 11 is 0. The Kier molecular flexibility index (Phi) is 7.02. The van der Waals surface area contributed by atoms with Gasteiger partial charge in [0, 0.05) is 17.1 Å². The quantitative estimate of drug-likeness (QED) is 0.552. The number of ether oxygens (including phenoxy) is 2. The van der Waals surface area contributed by atoms with Crippen molar-refractivity contribution in [3.63, 3.8) is 0 Å². The monoisotopic (exact) mass is 401 g/mol. The van der Waals surface area contributed by atoms with Crippen LogP contribution in [0.15, 0.2) is 48.5 Å². The molecule has 0 unspecified atom stereocenters. The van der Waals surface area contributed by atoms with Gasteiger partial charge in [-0.25, -0.2) is 14.4 Å². The van der Waals surface area contributed by atoms with Crippen molar-refractivity contribution in [3.05, 3.63) is 48.5 Å². The lowest BCUT2D eigenvalue weighted by atomic mass is 10.1. The lowest BCUT2D eigenvalue weighted by Crippen LogP contribution is -2.37. The topological polar surface area (TPSA) is 126 Å². The van der Waals surface area contributed by atoms with E-state index in [9.17, 15) is 14.4 Å². The van der Waals surface area contributed by atoms with Crippen molar-refractivity contribution >= 4 is 35.2 Å². The number of anilines is 3. The number of benzene rings is 2. The normalized spacial score (nSPS) is 10.6. The predicted molar refractivity (Wildman–Crippen MR) is 109 cm³/mol. The van der Waals surface area contributed by atoms with Crippen LogP contribution in [0.2, 0.25) is 0 Å². The second kappa shape index (κ2) is 9.45. The summed E-state index contributed by atoms with van der Waals surface area (Å²) in [4.78, 5) is 34.6. The standard InChI is InChI=1S/C20H23N3O6/c1-4-28-19(27)23-15-7-5-13(6-8-15)21-18(26)22-14-9-11-16(12-10-14)29-20(2,3)17(24)25/h5-12H,4H2,1-3H3,(H,23,27)(H,24,25)(H2,21,22,26). The van der Waals surface area contributed by atoms with Crippen molar-refractivity contribution in [2.75, 3.05) is 22.6 Å². The van der Waals surface area contributed by atoms with Crippen LogP contribution in [0.25, 0.3) is 0 Å². The number of rotatable bonds is 7. The van der Waals surface area contributed by atoms with Gasteiger partial charge in [0.25, 0.3) is 0 Å². The Bertz CT molecular complexity index is 863. The van der Waals surface area contributed by atoms with Crippen LogP contribution >= 0.6 is 0 Å². The van der Waals surface area contributed by atoms with Crippen LogP contribution in [0.3, 0.4) is 0 Å². The zero-order valence-electron chi connectivity index (χ0n) is 16.3. The van der Waals surface area contributed by atoms with Crippen LogP contribution in [0.5, 0.6) is 5.75 Å². The zero-order valence-corrected chi connectivity index (χ0v) is 16.3. The Morgan fingerprint density at radius 2 is 1.31 bits per heavy atom. The van der Waals surface area contributed by atoms with Gasteiger partial charge in [-0.05, 0) is 69.3 Å². The van der Waals surface area contributed by atoms with E-state index in [4.69, 9.17) is 14.6 Å². The van der Waals surface area contributed by atoms with Crippen LogP contribution in [0.4, 0.5) is 26.7 Å². The van der Waals surface area contributed by atoms with Gasteiger partial charge in [0.2, 0.25) is 0 Å². The molecule has 9 heteroatoms. The van der Waals surface area contributed by atoms with E-state index in [1.807, 2.05) is 0 Å². The fraction of sp³-hybridized carbons (Fsp3) is 0.250. The van der Waals surface area contributed by atoms with Gasteiger partial charge >= 0.3 is 18.1 Å². The van der Waals surface area contributed by atoms with Crippen LogP contribution in [-0.2, 0) is 9.53 Å². The molecule has 0 aliphatic carbocycles. The van der Waals surface area contributed by atoms with Gasteiger partial charge in [-0.3, -0.25) is 5.32 Å². The van der Waals surface area contributed by atoms with E-state index in [1.54, 1.807) is 55.5 Å². The van der Waals surface area contributed by atoms with Crippen molar-refractivity contribution in [3.8, 4) is 5.75 Å². The van der Waals surface area contributed by atoms with E-state index in [2.05, 4.69) is 16.0 Å². The maximum Gasteiger partial charge on any atom is 0.411 e. The number of hydrogen-bond donors (Lipinski definition) is 4. The molecule has 2 aromatic carbocycles. The molecule has 0 atom stereocenters. The number of nitrogens with one attached hydrogen (secondary N) is 3. The Balaban J connectivity index is 1.89. The number of amides is 3. The number of aliphatic carboxylic acids is 1. The molecular formula is C20H23N3O6. The number of carbonyl (C=O) groups excluding carboxylic acids is 2.